The number of nitrogen functional groups attached to an aromatic ring is 1. The average Bonchev–Trinajstić information content (AvgIpc) is 2.35. The molecule has 0 aliphatic heterocycles. The fourth-order valence-electron chi connectivity index (χ4n) is 1.37. The SMILES string of the molecule is Nc1nc(Cl)cc(OC/C=C/c2ccccc2)n1. The topological polar surface area (TPSA) is 61.0 Å². The monoisotopic (exact) mass is 261 g/mol. The maximum Gasteiger partial charge on any atom is 0.224 e. The predicted octanol–water partition coefficient (Wildman–Crippen LogP) is 2.80. The van der Waals surface area contributed by atoms with Gasteiger partial charge in [0.15, 0.2) is 0 Å². The third-order valence-corrected chi connectivity index (χ3v) is 2.32. The largest absolute Gasteiger partial charge is 0.473 e. The van der Waals surface area contributed by atoms with Gasteiger partial charge in [-0.3, -0.25) is 0 Å². The second-order valence-electron chi connectivity index (χ2n) is 3.51. The summed E-state index contributed by atoms with van der Waals surface area (Å²) in [6, 6.07) is 11.5. The van der Waals surface area contributed by atoms with Crippen molar-refractivity contribution in [1.29, 1.82) is 0 Å². The van der Waals surface area contributed by atoms with Crippen LogP contribution in [-0.2, 0) is 0 Å². The number of rotatable bonds is 4. The highest BCUT2D eigenvalue weighted by Gasteiger charge is 1.99. The molecule has 2 rings (SSSR count). The highest BCUT2D eigenvalue weighted by molar-refractivity contribution is 6.29. The van der Waals surface area contributed by atoms with Gasteiger partial charge in [0.25, 0.3) is 0 Å². The van der Waals surface area contributed by atoms with Crippen LogP contribution in [-0.4, -0.2) is 16.6 Å². The van der Waals surface area contributed by atoms with Crippen molar-refractivity contribution in [3.8, 4) is 5.88 Å². The van der Waals surface area contributed by atoms with Crippen LogP contribution in [0.25, 0.3) is 6.08 Å². The Morgan fingerprint density at radius 3 is 2.72 bits per heavy atom. The van der Waals surface area contributed by atoms with Crippen LogP contribution < -0.4 is 10.5 Å². The number of nitrogens with zero attached hydrogens (tertiary/aromatic N) is 2. The van der Waals surface area contributed by atoms with E-state index in [1.165, 1.54) is 6.07 Å². The lowest BCUT2D eigenvalue weighted by Gasteiger charge is -2.02. The van der Waals surface area contributed by atoms with Crippen LogP contribution in [0.15, 0.2) is 42.5 Å². The summed E-state index contributed by atoms with van der Waals surface area (Å²) in [6.45, 7) is 0.391. The van der Waals surface area contributed by atoms with Gasteiger partial charge in [0.05, 0.1) is 0 Å². The molecule has 1 aromatic heterocycles. The zero-order valence-electron chi connectivity index (χ0n) is 9.58. The molecule has 4 nitrogen and oxygen atoms in total. The Kier molecular flexibility index (Phi) is 4.15. The van der Waals surface area contributed by atoms with E-state index < -0.39 is 0 Å². The van der Waals surface area contributed by atoms with E-state index in [4.69, 9.17) is 22.1 Å². The van der Waals surface area contributed by atoms with Crippen LogP contribution in [0.4, 0.5) is 5.95 Å². The first-order valence-corrected chi connectivity index (χ1v) is 5.76. The molecule has 0 unspecified atom stereocenters. The van der Waals surface area contributed by atoms with Gasteiger partial charge in [0.2, 0.25) is 11.8 Å². The first kappa shape index (κ1) is 12.4. The molecule has 0 spiro atoms. The Balaban J connectivity index is 1.90. The summed E-state index contributed by atoms with van der Waals surface area (Å²) in [7, 11) is 0. The summed E-state index contributed by atoms with van der Waals surface area (Å²) < 4.78 is 5.39. The Bertz CT molecular complexity index is 523. The van der Waals surface area contributed by atoms with Crippen LogP contribution in [0.2, 0.25) is 5.15 Å². The second kappa shape index (κ2) is 6.02. The molecule has 0 radical (unpaired) electrons. The number of hydrogen-bond acceptors (Lipinski definition) is 4. The number of aromatic nitrogens is 2. The number of ether oxygens (including phenoxy) is 1. The predicted molar refractivity (Wildman–Crippen MR) is 72.4 cm³/mol. The molecule has 0 fully saturated rings. The molecule has 0 aliphatic carbocycles. The standard InChI is InChI=1S/C13H12ClN3O/c14-11-9-12(17-13(15)16-11)18-8-4-7-10-5-2-1-3-6-10/h1-7,9H,8H2,(H2,15,16,17)/b7-4+. The maximum atomic E-state index is 5.73. The van der Waals surface area contributed by atoms with E-state index >= 15 is 0 Å². The molecule has 2 aromatic rings. The molecule has 0 amide bonds. The minimum atomic E-state index is 0.101. The second-order valence-corrected chi connectivity index (χ2v) is 3.90. The summed E-state index contributed by atoms with van der Waals surface area (Å²) in [4.78, 5) is 7.65. The highest BCUT2D eigenvalue weighted by atomic mass is 35.5. The van der Waals surface area contributed by atoms with Crippen molar-refractivity contribution >= 4 is 23.6 Å². The van der Waals surface area contributed by atoms with Crippen LogP contribution in [0, 0.1) is 0 Å². The molecule has 0 saturated heterocycles. The van der Waals surface area contributed by atoms with Crippen molar-refractivity contribution in [3.05, 3.63) is 53.2 Å². The van der Waals surface area contributed by atoms with E-state index in [1.54, 1.807) is 0 Å². The van der Waals surface area contributed by atoms with Crippen molar-refractivity contribution in [2.75, 3.05) is 12.3 Å². The van der Waals surface area contributed by atoms with Gasteiger partial charge in [-0.25, -0.2) is 4.98 Å². The number of benzene rings is 1. The highest BCUT2D eigenvalue weighted by Crippen LogP contribution is 2.14. The number of hydrogen-bond donors (Lipinski definition) is 1. The van der Waals surface area contributed by atoms with Crippen LogP contribution >= 0.6 is 11.6 Å². The molecular weight excluding hydrogens is 250 g/mol. The summed E-state index contributed by atoms with van der Waals surface area (Å²) in [5, 5.41) is 0.268. The van der Waals surface area contributed by atoms with E-state index in [0.717, 1.165) is 5.56 Å². The zero-order valence-corrected chi connectivity index (χ0v) is 10.3. The zero-order chi connectivity index (χ0) is 12.8. The van der Waals surface area contributed by atoms with E-state index in [1.807, 2.05) is 42.5 Å². The normalized spacial score (nSPS) is 10.7. The van der Waals surface area contributed by atoms with E-state index in [2.05, 4.69) is 9.97 Å². The fourth-order valence-corrected chi connectivity index (χ4v) is 1.55. The smallest absolute Gasteiger partial charge is 0.224 e. The molecule has 0 saturated carbocycles. The van der Waals surface area contributed by atoms with Crippen molar-refractivity contribution < 1.29 is 4.74 Å². The first-order valence-electron chi connectivity index (χ1n) is 5.38. The van der Waals surface area contributed by atoms with E-state index in [9.17, 15) is 0 Å². The van der Waals surface area contributed by atoms with Gasteiger partial charge in [0.1, 0.15) is 11.8 Å². The minimum Gasteiger partial charge on any atom is -0.473 e. The lowest BCUT2D eigenvalue weighted by molar-refractivity contribution is 0.349. The number of nitrogens with two attached hydrogens (primary N) is 1. The summed E-state index contributed by atoms with van der Waals surface area (Å²) in [5.74, 6) is 0.467. The van der Waals surface area contributed by atoms with Gasteiger partial charge in [-0.2, -0.15) is 4.98 Å². The van der Waals surface area contributed by atoms with Crippen molar-refractivity contribution in [2.45, 2.75) is 0 Å². The number of anilines is 1. The molecule has 1 heterocycles. The molecular formula is C13H12ClN3O. The van der Waals surface area contributed by atoms with Gasteiger partial charge < -0.3 is 10.5 Å². The third-order valence-electron chi connectivity index (χ3n) is 2.13. The lowest BCUT2D eigenvalue weighted by Crippen LogP contribution is -2.00. The van der Waals surface area contributed by atoms with Crippen molar-refractivity contribution in [2.24, 2.45) is 0 Å². The Morgan fingerprint density at radius 2 is 2.00 bits per heavy atom. The van der Waals surface area contributed by atoms with Gasteiger partial charge in [0, 0.05) is 6.07 Å². The molecule has 92 valence electrons. The quantitative estimate of drug-likeness (QED) is 0.860. The number of halogens is 1. The molecule has 2 N–H and O–H groups in total. The first-order chi connectivity index (χ1) is 8.74. The van der Waals surface area contributed by atoms with Crippen LogP contribution in [0.5, 0.6) is 5.88 Å². The van der Waals surface area contributed by atoms with E-state index in [0.29, 0.717) is 12.5 Å². The molecule has 18 heavy (non-hydrogen) atoms. The molecule has 5 heteroatoms. The maximum absolute atomic E-state index is 5.73. The fraction of sp³-hybridized carbons (Fsp3) is 0.0769. The molecule has 0 aliphatic rings. The average molecular weight is 262 g/mol. The van der Waals surface area contributed by atoms with Gasteiger partial charge in [-0.15, -0.1) is 0 Å². The Labute approximate surface area is 110 Å². The molecule has 0 atom stereocenters. The minimum absolute atomic E-state index is 0.101. The Morgan fingerprint density at radius 1 is 1.22 bits per heavy atom. The van der Waals surface area contributed by atoms with E-state index in [-0.39, 0.29) is 11.1 Å². The van der Waals surface area contributed by atoms with Gasteiger partial charge >= 0.3 is 0 Å². The van der Waals surface area contributed by atoms with Crippen LogP contribution in [0.3, 0.4) is 0 Å². The lowest BCUT2D eigenvalue weighted by atomic mass is 10.2. The summed E-state index contributed by atoms with van der Waals surface area (Å²) in [6.07, 6.45) is 3.85. The molecule has 1 aromatic carbocycles. The van der Waals surface area contributed by atoms with Crippen molar-refractivity contribution in [1.82, 2.24) is 9.97 Å². The van der Waals surface area contributed by atoms with Gasteiger partial charge in [-0.05, 0) is 11.6 Å². The summed E-state index contributed by atoms with van der Waals surface area (Å²) >= 11 is 5.73. The van der Waals surface area contributed by atoms with Crippen molar-refractivity contribution in [3.63, 3.8) is 0 Å². The third kappa shape index (κ3) is 3.75. The molecule has 0 bridgehead atoms. The Hall–Kier alpha value is -2.07. The van der Waals surface area contributed by atoms with Gasteiger partial charge in [-0.1, -0.05) is 48.0 Å². The summed E-state index contributed by atoms with van der Waals surface area (Å²) in [5.41, 5.74) is 6.56. The van der Waals surface area contributed by atoms with Crippen LogP contribution in [0.1, 0.15) is 5.56 Å².